The molecule has 0 saturated carbocycles. The van der Waals surface area contributed by atoms with E-state index in [0.29, 0.717) is 48.4 Å². The van der Waals surface area contributed by atoms with Crippen LogP contribution in [0.1, 0.15) is 12.6 Å². The second kappa shape index (κ2) is 9.37. The third-order valence-electron chi connectivity index (χ3n) is 4.49. The zero-order valence-corrected chi connectivity index (χ0v) is 17.1. The number of amides is 4. The maximum absolute atomic E-state index is 12.4. The van der Waals surface area contributed by atoms with Gasteiger partial charge in [-0.05, 0) is 24.3 Å². The molecule has 0 aliphatic carbocycles. The lowest BCUT2D eigenvalue weighted by Gasteiger charge is -2.33. The van der Waals surface area contributed by atoms with Crippen molar-refractivity contribution in [3.63, 3.8) is 0 Å². The van der Waals surface area contributed by atoms with Crippen LogP contribution in [0, 0.1) is 0 Å². The van der Waals surface area contributed by atoms with E-state index in [1.807, 2.05) is 0 Å². The second-order valence-electron chi connectivity index (χ2n) is 6.52. The number of urea groups is 1. The molecular formula is C19H23N5O4S. The molecule has 2 heterocycles. The molecule has 1 aliphatic heterocycles. The number of nitrogens with one attached hydrogen (secondary N) is 2. The quantitative estimate of drug-likeness (QED) is 0.775. The molecule has 1 fully saturated rings. The number of ether oxygens (including phenoxy) is 1. The third kappa shape index (κ3) is 5.67. The van der Waals surface area contributed by atoms with Gasteiger partial charge in [0.2, 0.25) is 11.8 Å². The molecule has 1 aliphatic rings. The number of piperazine rings is 1. The Morgan fingerprint density at radius 1 is 1.07 bits per heavy atom. The molecule has 0 unspecified atom stereocenters. The van der Waals surface area contributed by atoms with Crippen molar-refractivity contribution in [2.45, 2.75) is 13.3 Å². The summed E-state index contributed by atoms with van der Waals surface area (Å²) in [5.41, 5.74) is 1.25. The predicted molar refractivity (Wildman–Crippen MR) is 110 cm³/mol. The molecule has 4 amide bonds. The molecule has 3 rings (SSSR count). The van der Waals surface area contributed by atoms with Crippen molar-refractivity contribution in [3.8, 4) is 5.75 Å². The zero-order chi connectivity index (χ0) is 20.8. The number of methoxy groups -OCH3 is 1. The van der Waals surface area contributed by atoms with E-state index in [0.717, 1.165) is 0 Å². The molecule has 10 heteroatoms. The number of aromatic nitrogens is 1. The van der Waals surface area contributed by atoms with Crippen LogP contribution in [0.4, 0.5) is 15.6 Å². The molecule has 2 N–H and O–H groups in total. The van der Waals surface area contributed by atoms with Crippen molar-refractivity contribution in [2.75, 3.05) is 43.9 Å². The van der Waals surface area contributed by atoms with E-state index in [1.165, 1.54) is 18.3 Å². The molecule has 2 aromatic rings. The number of nitrogens with zero attached hydrogens (tertiary/aromatic N) is 3. The van der Waals surface area contributed by atoms with Crippen LogP contribution in [0.3, 0.4) is 0 Å². The van der Waals surface area contributed by atoms with Gasteiger partial charge in [0.1, 0.15) is 5.75 Å². The first-order valence-corrected chi connectivity index (χ1v) is 10.0. The minimum absolute atomic E-state index is 0.0162. The molecule has 0 radical (unpaired) electrons. The molecule has 0 atom stereocenters. The van der Waals surface area contributed by atoms with Crippen molar-refractivity contribution < 1.29 is 19.1 Å². The Balaban J connectivity index is 1.48. The summed E-state index contributed by atoms with van der Waals surface area (Å²) in [5.74, 6) is 0.534. The summed E-state index contributed by atoms with van der Waals surface area (Å²) in [5, 5.41) is 7.74. The van der Waals surface area contributed by atoms with Crippen LogP contribution in [0.25, 0.3) is 0 Å². The minimum Gasteiger partial charge on any atom is -0.497 e. The van der Waals surface area contributed by atoms with Crippen molar-refractivity contribution in [1.29, 1.82) is 0 Å². The van der Waals surface area contributed by atoms with Crippen LogP contribution in [0.5, 0.6) is 5.75 Å². The summed E-state index contributed by atoms with van der Waals surface area (Å²) in [7, 11) is 1.58. The Hall–Kier alpha value is -3.14. The van der Waals surface area contributed by atoms with Gasteiger partial charge >= 0.3 is 6.03 Å². The number of hydrogen-bond donors (Lipinski definition) is 2. The zero-order valence-electron chi connectivity index (χ0n) is 16.3. The fourth-order valence-corrected chi connectivity index (χ4v) is 3.58. The Kier molecular flexibility index (Phi) is 6.65. The number of benzene rings is 1. The molecule has 29 heavy (non-hydrogen) atoms. The van der Waals surface area contributed by atoms with Gasteiger partial charge in [-0.2, -0.15) is 0 Å². The number of rotatable bonds is 5. The van der Waals surface area contributed by atoms with Crippen molar-refractivity contribution in [2.24, 2.45) is 0 Å². The fraction of sp³-hybridized carbons (Fsp3) is 0.368. The third-order valence-corrected chi connectivity index (χ3v) is 5.30. The van der Waals surface area contributed by atoms with Gasteiger partial charge in [0, 0.05) is 44.2 Å². The van der Waals surface area contributed by atoms with Crippen molar-refractivity contribution in [1.82, 2.24) is 14.8 Å². The Morgan fingerprint density at radius 2 is 1.72 bits per heavy atom. The lowest BCUT2D eigenvalue weighted by molar-refractivity contribution is -0.130. The van der Waals surface area contributed by atoms with E-state index in [4.69, 9.17) is 4.74 Å². The average molecular weight is 417 g/mol. The van der Waals surface area contributed by atoms with E-state index >= 15 is 0 Å². The fourth-order valence-electron chi connectivity index (χ4n) is 2.88. The maximum atomic E-state index is 12.4. The van der Waals surface area contributed by atoms with Gasteiger partial charge in [-0.3, -0.25) is 14.9 Å². The summed E-state index contributed by atoms with van der Waals surface area (Å²) in [6.45, 7) is 3.54. The summed E-state index contributed by atoms with van der Waals surface area (Å²) in [6.07, 6.45) is 0.107. The molecule has 1 aromatic carbocycles. The monoisotopic (exact) mass is 417 g/mol. The van der Waals surface area contributed by atoms with E-state index in [2.05, 4.69) is 15.6 Å². The predicted octanol–water partition coefficient (Wildman–Crippen LogP) is 2.03. The summed E-state index contributed by atoms with van der Waals surface area (Å²) in [6, 6.07) is 6.80. The van der Waals surface area contributed by atoms with Crippen LogP contribution in [0.15, 0.2) is 29.6 Å². The average Bonchev–Trinajstić information content (AvgIpc) is 3.15. The van der Waals surface area contributed by atoms with Crippen LogP contribution in [0.2, 0.25) is 0 Å². The molecular weight excluding hydrogens is 394 g/mol. The largest absolute Gasteiger partial charge is 0.497 e. The molecule has 1 aromatic heterocycles. The topological polar surface area (TPSA) is 104 Å². The van der Waals surface area contributed by atoms with E-state index in [-0.39, 0.29) is 24.3 Å². The molecule has 9 nitrogen and oxygen atoms in total. The van der Waals surface area contributed by atoms with Gasteiger partial charge in [-0.15, -0.1) is 11.3 Å². The summed E-state index contributed by atoms with van der Waals surface area (Å²) in [4.78, 5) is 43.6. The first-order chi connectivity index (χ1) is 13.9. The molecule has 0 bridgehead atoms. The molecule has 1 saturated heterocycles. The highest BCUT2D eigenvalue weighted by molar-refractivity contribution is 7.13. The Bertz CT molecular complexity index is 875. The van der Waals surface area contributed by atoms with Gasteiger partial charge in [0.05, 0.1) is 19.2 Å². The normalized spacial score (nSPS) is 13.7. The molecule has 154 valence electrons. The lowest BCUT2D eigenvalue weighted by Crippen LogP contribution is -2.51. The van der Waals surface area contributed by atoms with Gasteiger partial charge in [0.15, 0.2) is 5.13 Å². The number of carbonyl (C=O) groups is 3. The van der Waals surface area contributed by atoms with Crippen molar-refractivity contribution >= 4 is 40.0 Å². The van der Waals surface area contributed by atoms with Crippen LogP contribution >= 0.6 is 11.3 Å². The highest BCUT2D eigenvalue weighted by Crippen LogP contribution is 2.18. The summed E-state index contributed by atoms with van der Waals surface area (Å²) >= 11 is 1.27. The Morgan fingerprint density at radius 3 is 2.34 bits per heavy atom. The van der Waals surface area contributed by atoms with Crippen LogP contribution in [-0.2, 0) is 16.0 Å². The van der Waals surface area contributed by atoms with Crippen LogP contribution in [-0.4, -0.2) is 65.9 Å². The van der Waals surface area contributed by atoms with Gasteiger partial charge in [0.25, 0.3) is 0 Å². The highest BCUT2D eigenvalue weighted by atomic mass is 32.1. The SMILES string of the molecule is COc1ccc(NC(=O)Cc2csc(NC(=O)N3CCN(C(C)=O)CC3)n2)cc1. The first kappa shape index (κ1) is 20.6. The lowest BCUT2D eigenvalue weighted by atomic mass is 10.2. The standard InChI is InChI=1S/C19H23N5O4S/c1-13(25)23-7-9-24(10-8-23)19(27)22-18-21-15(12-29-18)11-17(26)20-14-3-5-16(28-2)6-4-14/h3-6,12H,7-11H2,1-2H3,(H,20,26)(H,21,22,27). The summed E-state index contributed by atoms with van der Waals surface area (Å²) < 4.78 is 5.09. The number of anilines is 2. The van der Waals surface area contributed by atoms with E-state index in [9.17, 15) is 14.4 Å². The van der Waals surface area contributed by atoms with E-state index in [1.54, 1.807) is 46.6 Å². The Labute approximate surface area is 172 Å². The van der Waals surface area contributed by atoms with E-state index < -0.39 is 0 Å². The number of thiazole rings is 1. The number of hydrogen-bond acceptors (Lipinski definition) is 6. The minimum atomic E-state index is -0.253. The highest BCUT2D eigenvalue weighted by Gasteiger charge is 2.23. The smallest absolute Gasteiger partial charge is 0.323 e. The van der Waals surface area contributed by atoms with Gasteiger partial charge < -0.3 is 19.9 Å². The maximum Gasteiger partial charge on any atom is 0.323 e. The van der Waals surface area contributed by atoms with Crippen LogP contribution < -0.4 is 15.4 Å². The van der Waals surface area contributed by atoms with Gasteiger partial charge in [-0.25, -0.2) is 9.78 Å². The second-order valence-corrected chi connectivity index (χ2v) is 7.38. The molecule has 0 spiro atoms. The van der Waals surface area contributed by atoms with Gasteiger partial charge in [-0.1, -0.05) is 0 Å². The number of carbonyl (C=O) groups excluding carboxylic acids is 3. The first-order valence-electron chi connectivity index (χ1n) is 9.14. The van der Waals surface area contributed by atoms with Crippen molar-refractivity contribution in [3.05, 3.63) is 35.3 Å².